The quantitative estimate of drug-likeness (QED) is 0.691. The molecule has 2 aliphatic heterocycles. The maximum Gasteiger partial charge on any atom is 0.224 e. The molecule has 1 N–H and O–H groups in total. The van der Waals surface area contributed by atoms with Gasteiger partial charge >= 0.3 is 0 Å². The number of hydrogen-bond acceptors (Lipinski definition) is 5. The lowest BCUT2D eigenvalue weighted by Gasteiger charge is -2.42. The van der Waals surface area contributed by atoms with Crippen LogP contribution in [0.2, 0.25) is 0 Å². The molecule has 1 atom stereocenters. The van der Waals surface area contributed by atoms with Gasteiger partial charge in [0.15, 0.2) is 0 Å². The van der Waals surface area contributed by atoms with Gasteiger partial charge in [0.2, 0.25) is 5.91 Å². The molecular formula is C22H35N3O3. The van der Waals surface area contributed by atoms with Gasteiger partial charge in [-0.1, -0.05) is 12.1 Å². The van der Waals surface area contributed by atoms with Crippen LogP contribution in [-0.4, -0.2) is 75.3 Å². The molecule has 1 aromatic rings. The number of rotatable bonds is 8. The van der Waals surface area contributed by atoms with Gasteiger partial charge in [0.25, 0.3) is 0 Å². The van der Waals surface area contributed by atoms with Crippen molar-refractivity contribution < 1.29 is 14.3 Å². The van der Waals surface area contributed by atoms with Gasteiger partial charge in [-0.2, -0.15) is 0 Å². The molecule has 0 saturated carbocycles. The molecule has 2 aliphatic rings. The zero-order valence-corrected chi connectivity index (χ0v) is 17.4. The van der Waals surface area contributed by atoms with Crippen molar-refractivity contribution in [3.05, 3.63) is 29.8 Å². The molecule has 0 aromatic heterocycles. The van der Waals surface area contributed by atoms with E-state index in [0.717, 1.165) is 51.3 Å². The number of piperidine rings is 2. The summed E-state index contributed by atoms with van der Waals surface area (Å²) in [6.45, 7) is 6.47. The average Bonchev–Trinajstić information content (AvgIpc) is 2.75. The normalized spacial score (nSPS) is 22.1. The van der Waals surface area contributed by atoms with Gasteiger partial charge in [0, 0.05) is 32.8 Å². The van der Waals surface area contributed by atoms with Gasteiger partial charge in [-0.15, -0.1) is 0 Å². The fourth-order valence-corrected chi connectivity index (χ4v) is 4.40. The summed E-state index contributed by atoms with van der Waals surface area (Å²) < 4.78 is 10.3. The number of ether oxygens (including phenoxy) is 2. The molecule has 6 nitrogen and oxygen atoms in total. The third-order valence-electron chi connectivity index (χ3n) is 6.07. The number of carbonyl (C=O) groups excluding carboxylic acids is 1. The van der Waals surface area contributed by atoms with Crippen molar-refractivity contribution in [2.75, 3.05) is 53.6 Å². The molecule has 156 valence electrons. The molecule has 0 spiro atoms. The minimum absolute atomic E-state index is 0.128. The predicted molar refractivity (Wildman–Crippen MR) is 110 cm³/mol. The molecule has 0 radical (unpaired) electrons. The number of nitrogens with one attached hydrogen (secondary N) is 1. The van der Waals surface area contributed by atoms with Gasteiger partial charge < -0.3 is 14.8 Å². The molecule has 2 fully saturated rings. The molecule has 3 rings (SSSR count). The Bertz CT molecular complexity index is 600. The van der Waals surface area contributed by atoms with E-state index in [1.807, 2.05) is 12.1 Å². The van der Waals surface area contributed by atoms with Crippen LogP contribution >= 0.6 is 0 Å². The number of hydrogen-bond donors (Lipinski definition) is 1. The third kappa shape index (κ3) is 5.93. The lowest BCUT2D eigenvalue weighted by atomic mass is 9.93. The zero-order chi connectivity index (χ0) is 19.8. The summed E-state index contributed by atoms with van der Waals surface area (Å²) in [5, 5.41) is 3.01. The molecule has 0 bridgehead atoms. The molecule has 1 amide bonds. The average molecular weight is 390 g/mol. The second kappa shape index (κ2) is 10.8. The third-order valence-corrected chi connectivity index (χ3v) is 6.07. The van der Waals surface area contributed by atoms with E-state index in [-0.39, 0.29) is 11.8 Å². The Hall–Kier alpha value is -1.63. The van der Waals surface area contributed by atoms with E-state index in [0.29, 0.717) is 19.2 Å². The van der Waals surface area contributed by atoms with E-state index in [4.69, 9.17) is 9.47 Å². The summed E-state index contributed by atoms with van der Waals surface area (Å²) in [6, 6.07) is 8.99. The number of methoxy groups -OCH3 is 2. The lowest BCUT2D eigenvalue weighted by molar-refractivity contribution is -0.127. The van der Waals surface area contributed by atoms with Gasteiger partial charge in [-0.25, -0.2) is 0 Å². The van der Waals surface area contributed by atoms with E-state index in [1.165, 1.54) is 18.4 Å². The fraction of sp³-hybridized carbons (Fsp3) is 0.682. The van der Waals surface area contributed by atoms with Crippen LogP contribution in [0.3, 0.4) is 0 Å². The lowest BCUT2D eigenvalue weighted by Crippen LogP contribution is -2.50. The second-order valence-electron chi connectivity index (χ2n) is 7.97. The highest BCUT2D eigenvalue weighted by molar-refractivity contribution is 5.78. The van der Waals surface area contributed by atoms with Gasteiger partial charge in [0.1, 0.15) is 5.75 Å². The fourth-order valence-electron chi connectivity index (χ4n) is 4.40. The van der Waals surface area contributed by atoms with E-state index in [1.54, 1.807) is 14.2 Å². The SMILES string of the molecule is COCCNC(=O)C1CCCN(C2CCN(Cc3ccc(OC)cc3)CC2)C1. The summed E-state index contributed by atoms with van der Waals surface area (Å²) in [6.07, 6.45) is 4.50. The standard InChI is InChI=1S/C22H35N3O3/c1-27-15-11-23-22(26)19-4-3-12-25(17-19)20-9-13-24(14-10-20)16-18-5-7-21(28-2)8-6-18/h5-8,19-20H,3-4,9-17H2,1-2H3,(H,23,26). The number of amides is 1. The van der Waals surface area contributed by atoms with E-state index >= 15 is 0 Å². The first-order chi connectivity index (χ1) is 13.7. The van der Waals surface area contributed by atoms with Crippen LogP contribution in [0.4, 0.5) is 0 Å². The zero-order valence-electron chi connectivity index (χ0n) is 17.4. The highest BCUT2D eigenvalue weighted by Gasteiger charge is 2.31. The number of likely N-dealkylation sites (tertiary alicyclic amines) is 2. The smallest absolute Gasteiger partial charge is 0.224 e. The van der Waals surface area contributed by atoms with E-state index < -0.39 is 0 Å². The van der Waals surface area contributed by atoms with Crippen LogP contribution in [0.1, 0.15) is 31.2 Å². The largest absolute Gasteiger partial charge is 0.497 e. The van der Waals surface area contributed by atoms with Gasteiger partial charge in [-0.3, -0.25) is 14.6 Å². The van der Waals surface area contributed by atoms with Crippen LogP contribution in [0.15, 0.2) is 24.3 Å². The Balaban J connectivity index is 1.42. The maximum absolute atomic E-state index is 12.4. The van der Waals surface area contributed by atoms with Crippen LogP contribution in [-0.2, 0) is 16.1 Å². The summed E-state index contributed by atoms with van der Waals surface area (Å²) in [5.74, 6) is 1.23. The minimum Gasteiger partial charge on any atom is -0.497 e. The first kappa shape index (κ1) is 21.1. The monoisotopic (exact) mass is 389 g/mol. The van der Waals surface area contributed by atoms with Crippen molar-refractivity contribution in [3.63, 3.8) is 0 Å². The summed E-state index contributed by atoms with van der Waals surface area (Å²) >= 11 is 0. The van der Waals surface area contributed by atoms with E-state index in [2.05, 4.69) is 27.2 Å². The second-order valence-corrected chi connectivity index (χ2v) is 7.97. The molecule has 2 saturated heterocycles. The maximum atomic E-state index is 12.4. The predicted octanol–water partition coefficient (Wildman–Crippen LogP) is 2.13. The van der Waals surface area contributed by atoms with Crippen molar-refractivity contribution >= 4 is 5.91 Å². The summed E-state index contributed by atoms with van der Waals surface area (Å²) in [7, 11) is 3.36. The molecule has 1 unspecified atom stereocenters. The highest BCUT2D eigenvalue weighted by Crippen LogP contribution is 2.25. The molecule has 28 heavy (non-hydrogen) atoms. The Morgan fingerprint density at radius 1 is 1.11 bits per heavy atom. The highest BCUT2D eigenvalue weighted by atomic mass is 16.5. The Morgan fingerprint density at radius 2 is 1.86 bits per heavy atom. The van der Waals surface area contributed by atoms with Crippen molar-refractivity contribution in [2.24, 2.45) is 5.92 Å². The van der Waals surface area contributed by atoms with Gasteiger partial charge in [-0.05, 0) is 63.0 Å². The first-order valence-electron chi connectivity index (χ1n) is 10.6. The Morgan fingerprint density at radius 3 is 2.54 bits per heavy atom. The van der Waals surface area contributed by atoms with Crippen LogP contribution in [0, 0.1) is 5.92 Å². The Labute approximate surface area is 169 Å². The number of benzene rings is 1. The summed E-state index contributed by atoms with van der Waals surface area (Å²) in [5.41, 5.74) is 1.34. The minimum atomic E-state index is 0.128. The van der Waals surface area contributed by atoms with Crippen LogP contribution in [0.5, 0.6) is 5.75 Å². The van der Waals surface area contributed by atoms with E-state index in [9.17, 15) is 4.79 Å². The van der Waals surface area contributed by atoms with Gasteiger partial charge in [0.05, 0.1) is 19.6 Å². The van der Waals surface area contributed by atoms with Crippen molar-refractivity contribution in [2.45, 2.75) is 38.3 Å². The molecule has 0 aliphatic carbocycles. The van der Waals surface area contributed by atoms with Crippen molar-refractivity contribution in [3.8, 4) is 5.75 Å². The van der Waals surface area contributed by atoms with Crippen LogP contribution in [0.25, 0.3) is 0 Å². The summed E-state index contributed by atoms with van der Waals surface area (Å²) in [4.78, 5) is 17.5. The first-order valence-corrected chi connectivity index (χ1v) is 10.6. The molecular weight excluding hydrogens is 354 g/mol. The van der Waals surface area contributed by atoms with Crippen LogP contribution < -0.4 is 10.1 Å². The van der Waals surface area contributed by atoms with Crippen molar-refractivity contribution in [1.82, 2.24) is 15.1 Å². The number of nitrogens with zero attached hydrogens (tertiary/aromatic N) is 2. The molecule has 6 heteroatoms. The topological polar surface area (TPSA) is 54.0 Å². The number of carbonyl (C=O) groups is 1. The Kier molecular flexibility index (Phi) is 8.13. The molecule has 1 aromatic carbocycles. The molecule has 2 heterocycles. The van der Waals surface area contributed by atoms with Crippen molar-refractivity contribution in [1.29, 1.82) is 0 Å².